The molecule has 1 atom stereocenters. The van der Waals surface area contributed by atoms with Crippen molar-refractivity contribution in [3.05, 3.63) is 28.5 Å². The molecule has 5 heteroatoms. The summed E-state index contributed by atoms with van der Waals surface area (Å²) in [4.78, 5) is 11.5. The highest BCUT2D eigenvalue weighted by atomic mass is 79.9. The van der Waals surface area contributed by atoms with E-state index in [-0.39, 0.29) is 17.8 Å². The maximum Gasteiger partial charge on any atom is 0.241 e. The number of carbonyl (C=O) groups excluding carboxylic acids is 1. The number of rotatable bonds is 2. The Hall–Kier alpha value is -0.940. The predicted octanol–water partition coefficient (Wildman–Crippen LogP) is 1.89. The Bertz CT molecular complexity index is 393. The Morgan fingerprint density at radius 1 is 1.60 bits per heavy atom. The van der Waals surface area contributed by atoms with Gasteiger partial charge >= 0.3 is 0 Å². The number of halogens is 2. The second-order valence-corrected chi connectivity index (χ2v) is 4.27. The molecule has 0 unspecified atom stereocenters. The van der Waals surface area contributed by atoms with E-state index in [2.05, 4.69) is 26.6 Å². The smallest absolute Gasteiger partial charge is 0.241 e. The molecule has 2 rings (SSSR count). The van der Waals surface area contributed by atoms with Crippen molar-refractivity contribution < 1.29 is 9.18 Å². The van der Waals surface area contributed by atoms with Crippen molar-refractivity contribution in [1.29, 1.82) is 0 Å². The average molecular weight is 273 g/mol. The molecular weight excluding hydrogens is 263 g/mol. The number of nitrogens with one attached hydrogen (secondary N) is 2. The van der Waals surface area contributed by atoms with Gasteiger partial charge < -0.3 is 10.6 Å². The van der Waals surface area contributed by atoms with Crippen molar-refractivity contribution in [2.75, 3.05) is 11.9 Å². The summed E-state index contributed by atoms with van der Waals surface area (Å²) >= 11 is 3.05. The van der Waals surface area contributed by atoms with Gasteiger partial charge in [-0.25, -0.2) is 4.39 Å². The SMILES string of the molecule is O=C(Nc1ccc(Br)c(F)c1)[C@H]1CCN1. The predicted molar refractivity (Wildman–Crippen MR) is 59.1 cm³/mol. The molecule has 1 aromatic rings. The molecule has 0 bridgehead atoms. The zero-order chi connectivity index (χ0) is 10.8. The lowest BCUT2D eigenvalue weighted by Gasteiger charge is -2.26. The van der Waals surface area contributed by atoms with Crippen LogP contribution in [0.5, 0.6) is 0 Å². The number of hydrogen-bond donors (Lipinski definition) is 2. The molecule has 0 saturated carbocycles. The van der Waals surface area contributed by atoms with Gasteiger partial charge in [-0.15, -0.1) is 0 Å². The molecule has 1 amide bonds. The summed E-state index contributed by atoms with van der Waals surface area (Å²) in [5.74, 6) is -0.489. The standard InChI is InChI=1S/C10H10BrFN2O/c11-7-2-1-6(5-8(7)12)14-10(15)9-3-4-13-9/h1-2,5,9,13H,3-4H2,(H,14,15)/t9-/m1/s1. The first kappa shape index (κ1) is 10.6. The summed E-state index contributed by atoms with van der Waals surface area (Å²) in [6.45, 7) is 0.868. The summed E-state index contributed by atoms with van der Waals surface area (Å²) < 4.78 is 13.5. The highest BCUT2D eigenvalue weighted by molar-refractivity contribution is 9.10. The minimum absolute atomic E-state index is 0.108. The highest BCUT2D eigenvalue weighted by Crippen LogP contribution is 2.19. The van der Waals surface area contributed by atoms with Crippen LogP contribution in [-0.4, -0.2) is 18.5 Å². The van der Waals surface area contributed by atoms with E-state index in [4.69, 9.17) is 0 Å². The third kappa shape index (κ3) is 2.35. The normalized spacial score (nSPS) is 19.5. The zero-order valence-corrected chi connectivity index (χ0v) is 9.47. The summed E-state index contributed by atoms with van der Waals surface area (Å²) in [6, 6.07) is 4.39. The minimum Gasteiger partial charge on any atom is -0.325 e. The third-order valence-electron chi connectivity index (χ3n) is 2.33. The molecule has 15 heavy (non-hydrogen) atoms. The number of carbonyl (C=O) groups is 1. The van der Waals surface area contributed by atoms with Crippen LogP contribution in [0.15, 0.2) is 22.7 Å². The lowest BCUT2D eigenvalue weighted by Crippen LogP contribution is -2.50. The van der Waals surface area contributed by atoms with Gasteiger partial charge in [-0.1, -0.05) is 0 Å². The molecule has 3 nitrogen and oxygen atoms in total. The monoisotopic (exact) mass is 272 g/mol. The summed E-state index contributed by atoms with van der Waals surface area (Å²) in [7, 11) is 0. The molecule has 0 aliphatic carbocycles. The Labute approximate surface area is 95.2 Å². The van der Waals surface area contributed by atoms with E-state index in [1.165, 1.54) is 6.07 Å². The van der Waals surface area contributed by atoms with Gasteiger partial charge in [-0.2, -0.15) is 0 Å². The number of anilines is 1. The van der Waals surface area contributed by atoms with Crippen LogP contribution in [0.2, 0.25) is 0 Å². The van der Waals surface area contributed by atoms with Crippen LogP contribution >= 0.6 is 15.9 Å². The van der Waals surface area contributed by atoms with Crippen molar-refractivity contribution in [2.24, 2.45) is 0 Å². The van der Waals surface area contributed by atoms with Crippen molar-refractivity contribution >= 4 is 27.5 Å². The van der Waals surface area contributed by atoms with Gasteiger partial charge in [0.15, 0.2) is 0 Å². The van der Waals surface area contributed by atoms with E-state index < -0.39 is 0 Å². The Morgan fingerprint density at radius 3 is 2.87 bits per heavy atom. The summed E-state index contributed by atoms with van der Waals surface area (Å²) in [6.07, 6.45) is 0.838. The molecule has 1 fully saturated rings. The first-order chi connectivity index (χ1) is 7.16. The molecule has 1 saturated heterocycles. The maximum absolute atomic E-state index is 13.1. The second-order valence-electron chi connectivity index (χ2n) is 3.41. The van der Waals surface area contributed by atoms with Crippen LogP contribution in [0, 0.1) is 5.82 Å². The average Bonchev–Trinajstić information content (AvgIpc) is 2.08. The molecule has 1 aliphatic rings. The second kappa shape index (κ2) is 4.28. The third-order valence-corrected chi connectivity index (χ3v) is 2.97. The van der Waals surface area contributed by atoms with Crippen LogP contribution in [0.1, 0.15) is 6.42 Å². The fourth-order valence-corrected chi connectivity index (χ4v) is 1.56. The fourth-order valence-electron chi connectivity index (χ4n) is 1.32. The van der Waals surface area contributed by atoms with Crippen LogP contribution < -0.4 is 10.6 Å². The molecule has 0 radical (unpaired) electrons. The lowest BCUT2D eigenvalue weighted by molar-refractivity contribution is -0.119. The molecule has 1 aliphatic heterocycles. The van der Waals surface area contributed by atoms with Gasteiger partial charge in [0.2, 0.25) is 5.91 Å². The van der Waals surface area contributed by atoms with E-state index in [0.29, 0.717) is 10.2 Å². The maximum atomic E-state index is 13.1. The van der Waals surface area contributed by atoms with E-state index >= 15 is 0 Å². The summed E-state index contributed by atoms with van der Waals surface area (Å²) in [5, 5.41) is 5.63. The molecule has 1 heterocycles. The number of hydrogen-bond acceptors (Lipinski definition) is 2. The zero-order valence-electron chi connectivity index (χ0n) is 7.89. The van der Waals surface area contributed by atoms with Gasteiger partial charge in [0.1, 0.15) is 5.82 Å². The first-order valence-corrected chi connectivity index (χ1v) is 5.45. The van der Waals surface area contributed by atoms with E-state index in [9.17, 15) is 9.18 Å². The van der Waals surface area contributed by atoms with Gasteiger partial charge in [-0.05, 0) is 47.1 Å². The van der Waals surface area contributed by atoms with Crippen molar-refractivity contribution in [1.82, 2.24) is 5.32 Å². The molecule has 0 spiro atoms. The van der Waals surface area contributed by atoms with Gasteiger partial charge in [0, 0.05) is 5.69 Å². The van der Waals surface area contributed by atoms with Crippen molar-refractivity contribution in [3.63, 3.8) is 0 Å². The Balaban J connectivity index is 2.03. The van der Waals surface area contributed by atoms with E-state index in [1.54, 1.807) is 12.1 Å². The van der Waals surface area contributed by atoms with E-state index in [0.717, 1.165) is 13.0 Å². The van der Waals surface area contributed by atoms with Gasteiger partial charge in [0.05, 0.1) is 10.5 Å². The fraction of sp³-hybridized carbons (Fsp3) is 0.300. The van der Waals surface area contributed by atoms with Crippen molar-refractivity contribution in [3.8, 4) is 0 Å². The van der Waals surface area contributed by atoms with Crippen LogP contribution in [0.4, 0.5) is 10.1 Å². The molecule has 1 aromatic carbocycles. The minimum atomic E-state index is -0.380. The summed E-state index contributed by atoms with van der Waals surface area (Å²) in [5.41, 5.74) is 0.481. The van der Waals surface area contributed by atoms with E-state index in [1.807, 2.05) is 0 Å². The Morgan fingerprint density at radius 2 is 2.33 bits per heavy atom. The Kier molecular flexibility index (Phi) is 3.02. The van der Waals surface area contributed by atoms with Gasteiger partial charge in [0.25, 0.3) is 0 Å². The van der Waals surface area contributed by atoms with Gasteiger partial charge in [-0.3, -0.25) is 4.79 Å². The molecule has 80 valence electrons. The molecular formula is C10H10BrFN2O. The van der Waals surface area contributed by atoms with Crippen LogP contribution in [0.25, 0.3) is 0 Å². The van der Waals surface area contributed by atoms with Crippen LogP contribution in [0.3, 0.4) is 0 Å². The number of amides is 1. The first-order valence-electron chi connectivity index (χ1n) is 4.66. The molecule has 0 aromatic heterocycles. The van der Waals surface area contributed by atoms with Crippen LogP contribution in [-0.2, 0) is 4.79 Å². The highest BCUT2D eigenvalue weighted by Gasteiger charge is 2.24. The van der Waals surface area contributed by atoms with Crippen molar-refractivity contribution in [2.45, 2.75) is 12.5 Å². The largest absolute Gasteiger partial charge is 0.325 e. The number of benzene rings is 1. The molecule has 2 N–H and O–H groups in total. The lowest BCUT2D eigenvalue weighted by atomic mass is 10.1. The quantitative estimate of drug-likeness (QED) is 0.864. The topological polar surface area (TPSA) is 41.1 Å².